The third kappa shape index (κ3) is 2.63. The molecule has 4 heteroatoms. The number of halogens is 1. The Balaban J connectivity index is 2.06. The van der Waals surface area contributed by atoms with Gasteiger partial charge in [-0.2, -0.15) is 0 Å². The van der Waals surface area contributed by atoms with Crippen LogP contribution >= 0.6 is 11.6 Å². The van der Waals surface area contributed by atoms with Gasteiger partial charge in [0.25, 0.3) is 0 Å². The highest BCUT2D eigenvalue weighted by Gasteiger charge is 2.22. The van der Waals surface area contributed by atoms with Crippen molar-refractivity contribution in [2.24, 2.45) is 5.92 Å². The highest BCUT2D eigenvalue weighted by molar-refractivity contribution is 6.33. The van der Waals surface area contributed by atoms with E-state index < -0.39 is 5.97 Å². The van der Waals surface area contributed by atoms with Crippen molar-refractivity contribution in [3.05, 3.63) is 28.8 Å². The largest absolute Gasteiger partial charge is 0.493 e. The van der Waals surface area contributed by atoms with Crippen molar-refractivity contribution >= 4 is 17.6 Å². The molecule has 0 heterocycles. The first kappa shape index (κ1) is 10.3. The Morgan fingerprint density at radius 1 is 1.53 bits per heavy atom. The quantitative estimate of drug-likeness (QED) is 0.859. The molecule has 0 aromatic heterocycles. The van der Waals surface area contributed by atoms with E-state index in [2.05, 4.69) is 0 Å². The first-order chi connectivity index (χ1) is 7.16. The molecule has 1 fully saturated rings. The zero-order valence-electron chi connectivity index (χ0n) is 8.07. The second kappa shape index (κ2) is 4.11. The number of carboxylic acids is 1. The molecule has 1 N–H and O–H groups in total. The summed E-state index contributed by atoms with van der Waals surface area (Å²) >= 11 is 5.79. The van der Waals surface area contributed by atoms with Crippen LogP contribution in [-0.4, -0.2) is 17.7 Å². The molecule has 80 valence electrons. The maximum Gasteiger partial charge on any atom is 0.337 e. The zero-order chi connectivity index (χ0) is 10.8. The van der Waals surface area contributed by atoms with E-state index in [-0.39, 0.29) is 10.6 Å². The Morgan fingerprint density at radius 3 is 2.80 bits per heavy atom. The molecule has 0 saturated heterocycles. The first-order valence-corrected chi connectivity index (χ1v) is 5.20. The van der Waals surface area contributed by atoms with E-state index >= 15 is 0 Å². The van der Waals surface area contributed by atoms with Gasteiger partial charge in [0.05, 0.1) is 17.2 Å². The van der Waals surface area contributed by atoms with Crippen molar-refractivity contribution in [1.29, 1.82) is 0 Å². The number of benzene rings is 1. The van der Waals surface area contributed by atoms with E-state index in [1.807, 2.05) is 0 Å². The molecule has 3 nitrogen and oxygen atoms in total. The zero-order valence-corrected chi connectivity index (χ0v) is 8.83. The lowest BCUT2D eigenvalue weighted by Gasteiger charge is -2.06. The summed E-state index contributed by atoms with van der Waals surface area (Å²) in [6.45, 7) is 0.697. The van der Waals surface area contributed by atoms with Crippen LogP contribution in [0.3, 0.4) is 0 Å². The molecule has 1 aromatic rings. The third-order valence-electron chi connectivity index (χ3n) is 2.35. The van der Waals surface area contributed by atoms with Gasteiger partial charge in [-0.25, -0.2) is 4.79 Å². The standard InChI is InChI=1S/C11H11ClO3/c12-10-5-8(15-6-7-1-2-7)3-4-9(10)11(13)14/h3-5,7H,1-2,6H2,(H,13,14). The molecule has 1 aromatic carbocycles. The van der Waals surface area contributed by atoms with E-state index in [4.69, 9.17) is 21.4 Å². The molecule has 0 spiro atoms. The highest BCUT2D eigenvalue weighted by atomic mass is 35.5. The van der Waals surface area contributed by atoms with E-state index in [0.717, 1.165) is 0 Å². The molecule has 1 aliphatic carbocycles. The fraction of sp³-hybridized carbons (Fsp3) is 0.364. The number of hydrogen-bond donors (Lipinski definition) is 1. The fourth-order valence-corrected chi connectivity index (χ4v) is 1.51. The molecule has 1 aliphatic rings. The molecular formula is C11H11ClO3. The Morgan fingerprint density at radius 2 is 2.27 bits per heavy atom. The second-order valence-corrected chi connectivity index (χ2v) is 4.11. The third-order valence-corrected chi connectivity index (χ3v) is 2.67. The molecular weight excluding hydrogens is 216 g/mol. The molecule has 0 amide bonds. The summed E-state index contributed by atoms with van der Waals surface area (Å²) in [7, 11) is 0. The minimum absolute atomic E-state index is 0.107. The van der Waals surface area contributed by atoms with Crippen LogP contribution in [0.2, 0.25) is 5.02 Å². The van der Waals surface area contributed by atoms with Gasteiger partial charge in [0.1, 0.15) is 5.75 Å². The lowest BCUT2D eigenvalue weighted by atomic mass is 10.2. The van der Waals surface area contributed by atoms with E-state index in [9.17, 15) is 4.79 Å². The fourth-order valence-electron chi connectivity index (χ4n) is 1.26. The van der Waals surface area contributed by atoms with Crippen LogP contribution in [0.25, 0.3) is 0 Å². The Labute approximate surface area is 92.6 Å². The number of rotatable bonds is 4. The number of ether oxygens (including phenoxy) is 1. The average molecular weight is 227 g/mol. The number of carbonyl (C=O) groups is 1. The first-order valence-electron chi connectivity index (χ1n) is 4.82. The summed E-state index contributed by atoms with van der Waals surface area (Å²) in [4.78, 5) is 10.7. The normalized spacial score (nSPS) is 15.0. The molecule has 0 bridgehead atoms. The van der Waals surface area contributed by atoms with Gasteiger partial charge in [-0.1, -0.05) is 11.6 Å². The maximum atomic E-state index is 10.7. The van der Waals surface area contributed by atoms with Gasteiger partial charge in [-0.05, 0) is 37.0 Å². The van der Waals surface area contributed by atoms with Crippen molar-refractivity contribution in [3.63, 3.8) is 0 Å². The molecule has 1 saturated carbocycles. The van der Waals surface area contributed by atoms with Crippen LogP contribution in [0.4, 0.5) is 0 Å². The van der Waals surface area contributed by atoms with E-state index in [1.165, 1.54) is 18.9 Å². The molecule has 0 aliphatic heterocycles. The van der Waals surface area contributed by atoms with Gasteiger partial charge in [0.2, 0.25) is 0 Å². The summed E-state index contributed by atoms with van der Waals surface area (Å²) in [6, 6.07) is 4.65. The minimum atomic E-state index is -1.02. The summed E-state index contributed by atoms with van der Waals surface area (Å²) in [5, 5.41) is 8.98. The SMILES string of the molecule is O=C(O)c1ccc(OCC2CC2)cc1Cl. The van der Waals surface area contributed by atoms with Crippen LogP contribution in [0.15, 0.2) is 18.2 Å². The predicted octanol–water partition coefficient (Wildman–Crippen LogP) is 2.83. The average Bonchev–Trinajstić information content (AvgIpc) is 2.97. The Kier molecular flexibility index (Phi) is 2.82. The van der Waals surface area contributed by atoms with Crippen molar-refractivity contribution in [2.75, 3.05) is 6.61 Å². The second-order valence-electron chi connectivity index (χ2n) is 3.70. The summed E-state index contributed by atoms with van der Waals surface area (Å²) in [5.74, 6) is 0.286. The van der Waals surface area contributed by atoms with Gasteiger partial charge in [0, 0.05) is 0 Å². The van der Waals surface area contributed by atoms with Crippen molar-refractivity contribution < 1.29 is 14.6 Å². The van der Waals surface area contributed by atoms with Gasteiger partial charge in [0.15, 0.2) is 0 Å². The predicted molar refractivity (Wildman–Crippen MR) is 56.6 cm³/mol. The van der Waals surface area contributed by atoms with Crippen LogP contribution < -0.4 is 4.74 Å². The van der Waals surface area contributed by atoms with Crippen molar-refractivity contribution in [1.82, 2.24) is 0 Å². The Bertz CT molecular complexity index is 385. The summed E-state index contributed by atoms with van der Waals surface area (Å²) in [6.07, 6.45) is 2.45. The van der Waals surface area contributed by atoms with Crippen LogP contribution in [0.5, 0.6) is 5.75 Å². The lowest BCUT2D eigenvalue weighted by molar-refractivity contribution is 0.0697. The Hall–Kier alpha value is -1.22. The van der Waals surface area contributed by atoms with E-state index in [0.29, 0.717) is 18.3 Å². The van der Waals surface area contributed by atoms with Gasteiger partial charge in [-0.3, -0.25) is 0 Å². The van der Waals surface area contributed by atoms with E-state index in [1.54, 1.807) is 12.1 Å². The monoisotopic (exact) mass is 226 g/mol. The van der Waals surface area contributed by atoms with Gasteiger partial charge >= 0.3 is 5.97 Å². The van der Waals surface area contributed by atoms with Crippen LogP contribution in [0, 0.1) is 5.92 Å². The minimum Gasteiger partial charge on any atom is -0.493 e. The molecule has 2 rings (SSSR count). The topological polar surface area (TPSA) is 46.5 Å². The molecule has 15 heavy (non-hydrogen) atoms. The van der Waals surface area contributed by atoms with Crippen LogP contribution in [-0.2, 0) is 0 Å². The van der Waals surface area contributed by atoms with Gasteiger partial charge < -0.3 is 9.84 Å². The van der Waals surface area contributed by atoms with Crippen LogP contribution in [0.1, 0.15) is 23.2 Å². The van der Waals surface area contributed by atoms with Crippen molar-refractivity contribution in [3.8, 4) is 5.75 Å². The highest BCUT2D eigenvalue weighted by Crippen LogP contribution is 2.30. The van der Waals surface area contributed by atoms with Crippen molar-refractivity contribution in [2.45, 2.75) is 12.8 Å². The molecule has 0 atom stereocenters. The van der Waals surface area contributed by atoms with Gasteiger partial charge in [-0.15, -0.1) is 0 Å². The number of aromatic carboxylic acids is 1. The maximum absolute atomic E-state index is 10.7. The summed E-state index contributed by atoms with van der Waals surface area (Å²) in [5.41, 5.74) is 0.107. The number of carboxylic acid groups (broad SMARTS) is 1. The molecule has 0 radical (unpaired) electrons. The molecule has 0 unspecified atom stereocenters. The number of hydrogen-bond acceptors (Lipinski definition) is 2. The summed E-state index contributed by atoms with van der Waals surface area (Å²) < 4.78 is 5.47. The lowest BCUT2D eigenvalue weighted by Crippen LogP contribution is -2.01. The smallest absolute Gasteiger partial charge is 0.337 e.